The molecule has 86 valence electrons. The molecule has 1 unspecified atom stereocenters. The highest BCUT2D eigenvalue weighted by atomic mass is 16.1. The number of nitrogens with one attached hydrogen (secondary N) is 1. The van der Waals surface area contributed by atoms with E-state index < -0.39 is 5.92 Å². The molecule has 0 bridgehead atoms. The predicted octanol–water partition coefficient (Wildman–Crippen LogP) is 1.82. The maximum absolute atomic E-state index is 11.8. The van der Waals surface area contributed by atoms with Crippen molar-refractivity contribution in [3.8, 4) is 17.9 Å². The van der Waals surface area contributed by atoms with Gasteiger partial charge in [0.2, 0.25) is 5.91 Å². The predicted molar refractivity (Wildman–Crippen MR) is 65.9 cm³/mol. The lowest BCUT2D eigenvalue weighted by Crippen LogP contribution is -2.29. The summed E-state index contributed by atoms with van der Waals surface area (Å²) in [6.45, 7) is 2.23. The zero-order chi connectivity index (χ0) is 12.5. The molecular formula is C14H14N2O. The van der Waals surface area contributed by atoms with E-state index in [-0.39, 0.29) is 5.91 Å². The largest absolute Gasteiger partial charge is 0.354 e. The Morgan fingerprint density at radius 2 is 2.12 bits per heavy atom. The fraction of sp³-hybridized carbons (Fsp3) is 0.286. The first kappa shape index (κ1) is 12.8. The number of amides is 1. The summed E-state index contributed by atoms with van der Waals surface area (Å²) in [6.07, 6.45) is 0.606. The normalized spacial score (nSPS) is 10.6. The van der Waals surface area contributed by atoms with Gasteiger partial charge in [0.15, 0.2) is 0 Å². The molecule has 1 aromatic rings. The molecule has 1 rings (SSSR count). The van der Waals surface area contributed by atoms with Crippen LogP contribution in [0.2, 0.25) is 0 Å². The maximum atomic E-state index is 11.8. The Bertz CT molecular complexity index is 462. The van der Waals surface area contributed by atoms with E-state index in [2.05, 4.69) is 17.2 Å². The van der Waals surface area contributed by atoms with Crippen molar-refractivity contribution in [2.24, 2.45) is 0 Å². The number of carbonyl (C=O) groups is 1. The number of nitriles is 1. The van der Waals surface area contributed by atoms with Crippen LogP contribution in [0.3, 0.4) is 0 Å². The van der Waals surface area contributed by atoms with Crippen molar-refractivity contribution in [2.45, 2.75) is 19.3 Å². The second-order valence-corrected chi connectivity index (χ2v) is 3.44. The molecule has 0 aliphatic carbocycles. The average molecular weight is 226 g/mol. The van der Waals surface area contributed by atoms with E-state index in [0.717, 1.165) is 0 Å². The van der Waals surface area contributed by atoms with Crippen LogP contribution >= 0.6 is 0 Å². The Balaban J connectivity index is 2.59. The van der Waals surface area contributed by atoms with Crippen LogP contribution in [-0.4, -0.2) is 12.5 Å². The lowest BCUT2D eigenvalue weighted by molar-refractivity contribution is -0.121. The Labute approximate surface area is 101 Å². The first-order valence-electron chi connectivity index (χ1n) is 5.41. The molecule has 0 fully saturated rings. The number of carbonyl (C=O) groups excluding carboxylic acids is 1. The van der Waals surface area contributed by atoms with Crippen molar-refractivity contribution >= 4 is 5.91 Å². The third-order valence-electron chi connectivity index (χ3n) is 2.25. The number of rotatable bonds is 4. The second kappa shape index (κ2) is 7.09. The van der Waals surface area contributed by atoms with E-state index in [1.165, 1.54) is 0 Å². The Morgan fingerprint density at radius 1 is 1.41 bits per heavy atom. The second-order valence-electron chi connectivity index (χ2n) is 3.44. The van der Waals surface area contributed by atoms with Crippen LogP contribution in [0.25, 0.3) is 0 Å². The summed E-state index contributed by atoms with van der Waals surface area (Å²) in [5, 5.41) is 11.7. The topological polar surface area (TPSA) is 52.9 Å². The zero-order valence-electron chi connectivity index (χ0n) is 9.73. The van der Waals surface area contributed by atoms with Gasteiger partial charge in [0.05, 0.1) is 6.07 Å². The third kappa shape index (κ3) is 4.01. The third-order valence-corrected chi connectivity index (χ3v) is 2.25. The molecule has 17 heavy (non-hydrogen) atoms. The van der Waals surface area contributed by atoms with E-state index >= 15 is 0 Å². The van der Waals surface area contributed by atoms with Crippen molar-refractivity contribution in [3.63, 3.8) is 0 Å². The molecule has 0 radical (unpaired) electrons. The van der Waals surface area contributed by atoms with Crippen LogP contribution in [0.1, 0.15) is 24.8 Å². The van der Waals surface area contributed by atoms with Gasteiger partial charge in [0.25, 0.3) is 0 Å². The van der Waals surface area contributed by atoms with Crippen LogP contribution in [-0.2, 0) is 4.79 Å². The summed E-state index contributed by atoms with van der Waals surface area (Å²) in [6, 6.07) is 11.0. The van der Waals surface area contributed by atoms with Crippen LogP contribution in [0.4, 0.5) is 0 Å². The molecule has 0 saturated carbocycles. The van der Waals surface area contributed by atoms with E-state index in [4.69, 9.17) is 5.26 Å². The summed E-state index contributed by atoms with van der Waals surface area (Å²) < 4.78 is 0. The van der Waals surface area contributed by atoms with Crippen LogP contribution in [0, 0.1) is 23.2 Å². The van der Waals surface area contributed by atoms with E-state index in [1.807, 2.05) is 24.3 Å². The van der Waals surface area contributed by atoms with Gasteiger partial charge >= 0.3 is 0 Å². The van der Waals surface area contributed by atoms with Gasteiger partial charge in [-0.2, -0.15) is 5.26 Å². The Hall–Kier alpha value is -2.26. The smallest absolute Gasteiger partial charge is 0.241 e. The molecule has 1 aromatic carbocycles. The molecule has 0 heterocycles. The van der Waals surface area contributed by atoms with Gasteiger partial charge in [-0.25, -0.2) is 0 Å². The van der Waals surface area contributed by atoms with E-state index in [0.29, 0.717) is 18.5 Å². The van der Waals surface area contributed by atoms with Gasteiger partial charge in [0, 0.05) is 13.0 Å². The summed E-state index contributed by atoms with van der Waals surface area (Å²) in [4.78, 5) is 11.8. The van der Waals surface area contributed by atoms with Crippen molar-refractivity contribution in [1.29, 1.82) is 5.26 Å². The highest BCUT2D eigenvalue weighted by Gasteiger charge is 2.18. The SMILES string of the molecule is CC#CCCNC(=O)C(C#N)c1ccccc1. The molecule has 1 N–H and O–H groups in total. The van der Waals surface area contributed by atoms with Gasteiger partial charge in [-0.1, -0.05) is 30.3 Å². The van der Waals surface area contributed by atoms with Crippen LogP contribution < -0.4 is 5.32 Å². The monoisotopic (exact) mass is 226 g/mol. The summed E-state index contributed by atoms with van der Waals surface area (Å²) in [5.74, 6) is 4.59. The van der Waals surface area contributed by atoms with Crippen molar-refractivity contribution in [1.82, 2.24) is 5.32 Å². The summed E-state index contributed by atoms with van der Waals surface area (Å²) >= 11 is 0. The number of benzene rings is 1. The Kier molecular flexibility index (Phi) is 5.34. The van der Waals surface area contributed by atoms with Crippen LogP contribution in [0.15, 0.2) is 30.3 Å². The minimum atomic E-state index is -0.745. The molecule has 0 aliphatic heterocycles. The standard InChI is InChI=1S/C14H14N2O/c1-2-3-7-10-16-14(17)13(11-15)12-8-5-4-6-9-12/h4-6,8-9,13H,7,10H2,1H3,(H,16,17). The molecular weight excluding hydrogens is 212 g/mol. The zero-order valence-corrected chi connectivity index (χ0v) is 9.73. The summed E-state index contributed by atoms with van der Waals surface area (Å²) in [7, 11) is 0. The fourth-order valence-corrected chi connectivity index (χ4v) is 1.41. The molecule has 0 aromatic heterocycles. The van der Waals surface area contributed by atoms with Gasteiger partial charge in [-0.05, 0) is 12.5 Å². The molecule has 0 saturated heterocycles. The quantitative estimate of drug-likeness (QED) is 0.629. The maximum Gasteiger partial charge on any atom is 0.241 e. The lowest BCUT2D eigenvalue weighted by atomic mass is 10.00. The summed E-state index contributed by atoms with van der Waals surface area (Å²) in [5.41, 5.74) is 0.717. The molecule has 0 aliphatic rings. The van der Waals surface area contributed by atoms with Crippen molar-refractivity contribution in [3.05, 3.63) is 35.9 Å². The van der Waals surface area contributed by atoms with Gasteiger partial charge in [-0.15, -0.1) is 11.8 Å². The minimum Gasteiger partial charge on any atom is -0.354 e. The molecule has 1 atom stereocenters. The molecule has 3 heteroatoms. The van der Waals surface area contributed by atoms with Crippen molar-refractivity contribution in [2.75, 3.05) is 6.54 Å². The van der Waals surface area contributed by atoms with E-state index in [9.17, 15) is 4.79 Å². The molecule has 0 spiro atoms. The first-order valence-corrected chi connectivity index (χ1v) is 5.41. The van der Waals surface area contributed by atoms with E-state index in [1.54, 1.807) is 19.1 Å². The van der Waals surface area contributed by atoms with Gasteiger partial charge < -0.3 is 5.32 Å². The van der Waals surface area contributed by atoms with Crippen LogP contribution in [0.5, 0.6) is 0 Å². The Morgan fingerprint density at radius 3 is 2.71 bits per heavy atom. The highest BCUT2D eigenvalue weighted by molar-refractivity contribution is 5.86. The average Bonchev–Trinajstić information content (AvgIpc) is 2.37. The fourth-order valence-electron chi connectivity index (χ4n) is 1.41. The van der Waals surface area contributed by atoms with Gasteiger partial charge in [0.1, 0.15) is 5.92 Å². The number of hydrogen-bond donors (Lipinski definition) is 1. The minimum absolute atomic E-state index is 0.267. The van der Waals surface area contributed by atoms with Crippen molar-refractivity contribution < 1.29 is 4.79 Å². The highest BCUT2D eigenvalue weighted by Crippen LogP contribution is 2.14. The lowest BCUT2D eigenvalue weighted by Gasteiger charge is -2.09. The molecule has 1 amide bonds. The molecule has 3 nitrogen and oxygen atoms in total. The van der Waals surface area contributed by atoms with Gasteiger partial charge in [-0.3, -0.25) is 4.79 Å². The number of hydrogen-bond acceptors (Lipinski definition) is 2. The first-order chi connectivity index (χ1) is 8.29. The number of nitrogens with zero attached hydrogens (tertiary/aromatic N) is 1.